The molecule has 1 N–H and O–H groups in total. The number of nitrogens with one attached hydrogen (secondary N) is 1. The second kappa shape index (κ2) is 8.86. The molecule has 30 heavy (non-hydrogen) atoms. The zero-order valence-electron chi connectivity index (χ0n) is 17.5. The smallest absolute Gasteiger partial charge is 0.346 e. The van der Waals surface area contributed by atoms with Crippen molar-refractivity contribution in [1.82, 2.24) is 10.3 Å². The summed E-state index contributed by atoms with van der Waals surface area (Å²) in [6.45, 7) is 4.24. The third kappa shape index (κ3) is 4.07. The van der Waals surface area contributed by atoms with Crippen LogP contribution in [0, 0.1) is 0 Å². The van der Waals surface area contributed by atoms with E-state index < -0.39 is 17.5 Å². The normalized spacial score (nSPS) is 18.6. The highest BCUT2D eigenvalue weighted by Crippen LogP contribution is 2.31. The quantitative estimate of drug-likeness (QED) is 0.532. The van der Waals surface area contributed by atoms with Crippen molar-refractivity contribution in [2.24, 2.45) is 5.10 Å². The SMILES string of the molecule is CCCOc1ccc(/C=N/N2C(=O)NC(C)(c3ccc(OC)cc3)C2=O)cc1OC. The summed E-state index contributed by atoms with van der Waals surface area (Å²) in [6.07, 6.45) is 2.31. The molecule has 1 fully saturated rings. The number of benzene rings is 2. The van der Waals surface area contributed by atoms with Crippen LogP contribution in [0.2, 0.25) is 0 Å². The van der Waals surface area contributed by atoms with Gasteiger partial charge in [0, 0.05) is 0 Å². The van der Waals surface area contributed by atoms with Crippen molar-refractivity contribution in [3.8, 4) is 17.2 Å². The van der Waals surface area contributed by atoms with Crippen LogP contribution >= 0.6 is 0 Å². The Morgan fingerprint density at radius 2 is 1.80 bits per heavy atom. The molecule has 0 spiro atoms. The Bertz CT molecular complexity index is 958. The van der Waals surface area contributed by atoms with Crippen molar-refractivity contribution < 1.29 is 23.8 Å². The summed E-state index contributed by atoms with van der Waals surface area (Å²) in [5.41, 5.74) is 0.0868. The number of urea groups is 1. The number of hydrazone groups is 1. The molecule has 0 aliphatic carbocycles. The van der Waals surface area contributed by atoms with Crippen LogP contribution in [-0.2, 0) is 10.3 Å². The van der Waals surface area contributed by atoms with E-state index in [0.29, 0.717) is 35.0 Å². The van der Waals surface area contributed by atoms with Gasteiger partial charge in [-0.15, -0.1) is 5.01 Å². The monoisotopic (exact) mass is 411 g/mol. The minimum absolute atomic E-state index is 0.469. The Balaban J connectivity index is 1.80. The van der Waals surface area contributed by atoms with Crippen LogP contribution in [0.25, 0.3) is 0 Å². The second-order valence-corrected chi connectivity index (χ2v) is 6.90. The maximum Gasteiger partial charge on any atom is 0.346 e. The summed E-state index contributed by atoms with van der Waals surface area (Å²) < 4.78 is 16.1. The van der Waals surface area contributed by atoms with Gasteiger partial charge in [-0.3, -0.25) is 4.79 Å². The highest BCUT2D eigenvalue weighted by Gasteiger charge is 2.49. The van der Waals surface area contributed by atoms with E-state index in [1.165, 1.54) is 6.21 Å². The van der Waals surface area contributed by atoms with Crippen LogP contribution in [0.5, 0.6) is 17.2 Å². The van der Waals surface area contributed by atoms with Crippen LogP contribution < -0.4 is 19.5 Å². The number of hydrogen-bond acceptors (Lipinski definition) is 6. The maximum atomic E-state index is 13.0. The van der Waals surface area contributed by atoms with Crippen molar-refractivity contribution in [3.63, 3.8) is 0 Å². The van der Waals surface area contributed by atoms with E-state index in [4.69, 9.17) is 14.2 Å². The van der Waals surface area contributed by atoms with Gasteiger partial charge >= 0.3 is 6.03 Å². The third-order valence-corrected chi connectivity index (χ3v) is 4.81. The summed E-state index contributed by atoms with van der Waals surface area (Å²) >= 11 is 0. The molecule has 0 aromatic heterocycles. The van der Waals surface area contributed by atoms with E-state index in [0.717, 1.165) is 11.4 Å². The Kier molecular flexibility index (Phi) is 6.25. The number of rotatable bonds is 8. The molecule has 1 aliphatic heterocycles. The van der Waals surface area contributed by atoms with Crippen molar-refractivity contribution >= 4 is 18.2 Å². The summed E-state index contributed by atoms with van der Waals surface area (Å²) in [5.74, 6) is 1.37. The molecule has 1 atom stereocenters. The highest BCUT2D eigenvalue weighted by atomic mass is 16.5. The van der Waals surface area contributed by atoms with Gasteiger partial charge in [-0.25, -0.2) is 4.79 Å². The van der Waals surface area contributed by atoms with E-state index in [9.17, 15) is 9.59 Å². The predicted molar refractivity (Wildman–Crippen MR) is 112 cm³/mol. The van der Waals surface area contributed by atoms with Crippen molar-refractivity contribution in [2.45, 2.75) is 25.8 Å². The Hall–Kier alpha value is -3.55. The molecule has 1 aliphatic rings. The van der Waals surface area contributed by atoms with Gasteiger partial charge in [-0.05, 0) is 54.8 Å². The fourth-order valence-corrected chi connectivity index (χ4v) is 3.07. The average Bonchev–Trinajstić information content (AvgIpc) is 2.99. The maximum absolute atomic E-state index is 13.0. The van der Waals surface area contributed by atoms with Crippen LogP contribution in [0.3, 0.4) is 0 Å². The lowest BCUT2D eigenvalue weighted by atomic mass is 9.92. The number of imide groups is 1. The lowest BCUT2D eigenvalue weighted by Crippen LogP contribution is -2.40. The lowest BCUT2D eigenvalue weighted by Gasteiger charge is -2.21. The fraction of sp³-hybridized carbons (Fsp3) is 0.318. The standard InChI is InChI=1S/C22H25N3O5/c1-5-12-30-18-11-6-15(13-19(18)29-4)14-23-25-20(26)22(2,24-21(25)27)16-7-9-17(28-3)10-8-16/h6-11,13-14H,5,12H2,1-4H3,(H,24,27)/b23-14+. The Morgan fingerprint density at radius 3 is 2.43 bits per heavy atom. The molecular weight excluding hydrogens is 386 g/mol. The molecule has 1 unspecified atom stereocenters. The largest absolute Gasteiger partial charge is 0.497 e. The number of carbonyl (C=O) groups excluding carboxylic acids is 2. The van der Waals surface area contributed by atoms with E-state index in [1.54, 1.807) is 63.6 Å². The molecule has 8 heteroatoms. The van der Waals surface area contributed by atoms with Crippen LogP contribution in [0.1, 0.15) is 31.4 Å². The molecule has 0 bridgehead atoms. The zero-order chi connectivity index (χ0) is 21.7. The van der Waals surface area contributed by atoms with Gasteiger partial charge < -0.3 is 19.5 Å². The van der Waals surface area contributed by atoms with E-state index >= 15 is 0 Å². The van der Waals surface area contributed by atoms with E-state index in [-0.39, 0.29) is 0 Å². The number of carbonyl (C=O) groups is 2. The number of ether oxygens (including phenoxy) is 3. The first-order valence-corrected chi connectivity index (χ1v) is 9.59. The molecule has 0 saturated carbocycles. The van der Waals surface area contributed by atoms with Crippen LogP contribution in [0.15, 0.2) is 47.6 Å². The molecule has 8 nitrogen and oxygen atoms in total. The molecule has 1 saturated heterocycles. The van der Waals surface area contributed by atoms with Crippen LogP contribution in [0.4, 0.5) is 4.79 Å². The fourth-order valence-electron chi connectivity index (χ4n) is 3.07. The van der Waals surface area contributed by atoms with Crippen LogP contribution in [-0.4, -0.2) is 44.0 Å². The molecule has 2 aromatic rings. The number of methoxy groups -OCH3 is 2. The predicted octanol–water partition coefficient (Wildman–Crippen LogP) is 3.29. The van der Waals surface area contributed by atoms with Gasteiger partial charge in [0.15, 0.2) is 11.5 Å². The number of amides is 3. The lowest BCUT2D eigenvalue weighted by molar-refractivity contribution is -0.131. The average molecular weight is 411 g/mol. The van der Waals surface area contributed by atoms with Gasteiger partial charge in [0.2, 0.25) is 0 Å². The third-order valence-electron chi connectivity index (χ3n) is 4.81. The molecule has 3 rings (SSSR count). The molecule has 1 heterocycles. The first kappa shape index (κ1) is 21.2. The van der Waals surface area contributed by atoms with Gasteiger partial charge in [0.25, 0.3) is 5.91 Å². The summed E-state index contributed by atoms with van der Waals surface area (Å²) in [6, 6.07) is 11.6. The molecular formula is C22H25N3O5. The number of hydrogen-bond donors (Lipinski definition) is 1. The van der Waals surface area contributed by atoms with E-state index in [1.807, 2.05) is 6.92 Å². The van der Waals surface area contributed by atoms with Crippen molar-refractivity contribution in [2.75, 3.05) is 20.8 Å². The minimum Gasteiger partial charge on any atom is -0.497 e. The molecule has 0 radical (unpaired) electrons. The Morgan fingerprint density at radius 1 is 1.07 bits per heavy atom. The van der Waals surface area contributed by atoms with E-state index in [2.05, 4.69) is 10.4 Å². The minimum atomic E-state index is -1.21. The van der Waals surface area contributed by atoms with Gasteiger partial charge in [0.05, 0.1) is 27.0 Å². The molecule has 158 valence electrons. The summed E-state index contributed by atoms with van der Waals surface area (Å²) in [4.78, 5) is 25.4. The summed E-state index contributed by atoms with van der Waals surface area (Å²) in [7, 11) is 3.11. The van der Waals surface area contributed by atoms with Gasteiger partial charge in [-0.2, -0.15) is 5.10 Å². The first-order chi connectivity index (χ1) is 14.4. The van der Waals surface area contributed by atoms with Gasteiger partial charge in [-0.1, -0.05) is 19.1 Å². The zero-order valence-corrected chi connectivity index (χ0v) is 17.5. The summed E-state index contributed by atoms with van der Waals surface area (Å²) in [5, 5.41) is 7.65. The van der Waals surface area contributed by atoms with Crippen molar-refractivity contribution in [1.29, 1.82) is 0 Å². The highest BCUT2D eigenvalue weighted by molar-refractivity contribution is 6.07. The Labute approximate surface area is 175 Å². The molecule has 3 amide bonds. The van der Waals surface area contributed by atoms with Gasteiger partial charge in [0.1, 0.15) is 11.3 Å². The number of nitrogens with zero attached hydrogens (tertiary/aromatic N) is 2. The van der Waals surface area contributed by atoms with Crippen molar-refractivity contribution in [3.05, 3.63) is 53.6 Å². The first-order valence-electron chi connectivity index (χ1n) is 9.59. The molecule has 2 aromatic carbocycles. The second-order valence-electron chi connectivity index (χ2n) is 6.90. The topological polar surface area (TPSA) is 89.5 Å².